The molecule has 1 aromatic carbocycles. The van der Waals surface area contributed by atoms with Crippen LogP contribution in [0.4, 0.5) is 4.39 Å². The molecule has 0 aliphatic carbocycles. The van der Waals surface area contributed by atoms with E-state index in [0.29, 0.717) is 26.2 Å². The van der Waals surface area contributed by atoms with E-state index >= 15 is 0 Å². The van der Waals surface area contributed by atoms with Crippen LogP contribution in [0.25, 0.3) is 0 Å². The summed E-state index contributed by atoms with van der Waals surface area (Å²) in [5.74, 6) is -1.07. The zero-order chi connectivity index (χ0) is 18.6. The van der Waals surface area contributed by atoms with Crippen LogP contribution >= 0.6 is 0 Å². The smallest absolute Gasteiger partial charge is 0.274 e. The van der Waals surface area contributed by atoms with E-state index in [1.165, 1.54) is 12.1 Å². The van der Waals surface area contributed by atoms with Gasteiger partial charge in [0.25, 0.3) is 11.8 Å². The van der Waals surface area contributed by atoms with Crippen LogP contribution in [0, 0.1) is 5.82 Å². The standard InChI is InChI=1S/C19H20FN3O3/c1-11-9-21(2)18(25)14-15(11)23-8-7-22(19(26)16(23)17(14)24)10-12-3-5-13(20)6-4-12/h3-6,11,24H,7-10H2,1-2H3. The highest BCUT2D eigenvalue weighted by molar-refractivity contribution is 6.06. The van der Waals surface area contributed by atoms with Crippen LogP contribution in [-0.2, 0) is 13.1 Å². The molecule has 3 heterocycles. The van der Waals surface area contributed by atoms with E-state index in [1.807, 2.05) is 6.92 Å². The van der Waals surface area contributed by atoms with Crippen LogP contribution in [0.15, 0.2) is 24.3 Å². The number of hydrogen-bond acceptors (Lipinski definition) is 3. The molecule has 2 aromatic rings. The molecular formula is C19H20FN3O3. The van der Waals surface area contributed by atoms with E-state index in [2.05, 4.69) is 0 Å². The van der Waals surface area contributed by atoms with Gasteiger partial charge in [-0.05, 0) is 17.7 Å². The van der Waals surface area contributed by atoms with E-state index < -0.39 is 0 Å². The van der Waals surface area contributed by atoms with Crippen molar-refractivity contribution in [3.05, 3.63) is 52.6 Å². The zero-order valence-electron chi connectivity index (χ0n) is 14.7. The lowest BCUT2D eigenvalue weighted by atomic mass is 9.97. The lowest BCUT2D eigenvalue weighted by Crippen LogP contribution is -2.41. The highest BCUT2D eigenvalue weighted by Crippen LogP contribution is 2.40. The van der Waals surface area contributed by atoms with Gasteiger partial charge < -0.3 is 19.5 Å². The number of hydrogen-bond donors (Lipinski definition) is 1. The van der Waals surface area contributed by atoms with Gasteiger partial charge in [-0.1, -0.05) is 19.1 Å². The second kappa shape index (κ2) is 5.86. The van der Waals surface area contributed by atoms with Crippen LogP contribution in [0.5, 0.6) is 5.75 Å². The van der Waals surface area contributed by atoms with Gasteiger partial charge in [0.15, 0.2) is 11.4 Å². The first-order valence-corrected chi connectivity index (χ1v) is 8.63. The van der Waals surface area contributed by atoms with E-state index in [1.54, 1.807) is 33.5 Å². The quantitative estimate of drug-likeness (QED) is 0.896. The van der Waals surface area contributed by atoms with Crippen LogP contribution in [0.2, 0.25) is 0 Å². The number of fused-ring (bicyclic) bond motifs is 3. The van der Waals surface area contributed by atoms with Crippen molar-refractivity contribution in [1.29, 1.82) is 0 Å². The minimum absolute atomic E-state index is 0.0452. The maximum Gasteiger partial charge on any atom is 0.274 e. The number of aromatic nitrogens is 1. The highest BCUT2D eigenvalue weighted by atomic mass is 19.1. The Balaban J connectivity index is 1.71. The Morgan fingerprint density at radius 2 is 1.85 bits per heavy atom. The Kier molecular flexibility index (Phi) is 3.75. The molecule has 0 bridgehead atoms. The van der Waals surface area contributed by atoms with Crippen LogP contribution in [-0.4, -0.2) is 51.4 Å². The highest BCUT2D eigenvalue weighted by Gasteiger charge is 2.40. The van der Waals surface area contributed by atoms with Gasteiger partial charge in [0.1, 0.15) is 11.4 Å². The molecule has 0 radical (unpaired) electrons. The van der Waals surface area contributed by atoms with Gasteiger partial charge >= 0.3 is 0 Å². The summed E-state index contributed by atoms with van der Waals surface area (Å²) < 4.78 is 14.9. The molecule has 2 aliphatic rings. The molecular weight excluding hydrogens is 337 g/mol. The maximum absolute atomic E-state index is 13.1. The van der Waals surface area contributed by atoms with Gasteiger partial charge in [-0.2, -0.15) is 0 Å². The topological polar surface area (TPSA) is 65.8 Å². The number of aromatic hydroxyl groups is 1. The monoisotopic (exact) mass is 357 g/mol. The normalized spacial score (nSPS) is 19.6. The second-order valence-corrected chi connectivity index (χ2v) is 7.05. The van der Waals surface area contributed by atoms with Crippen molar-refractivity contribution in [1.82, 2.24) is 14.4 Å². The van der Waals surface area contributed by atoms with Gasteiger partial charge in [-0.25, -0.2) is 4.39 Å². The maximum atomic E-state index is 13.1. The molecule has 1 aromatic heterocycles. The van der Waals surface area contributed by atoms with Crippen molar-refractivity contribution in [2.24, 2.45) is 0 Å². The van der Waals surface area contributed by atoms with Crippen molar-refractivity contribution in [3.63, 3.8) is 0 Å². The van der Waals surface area contributed by atoms with Crippen LogP contribution in [0.3, 0.4) is 0 Å². The predicted octanol–water partition coefficient (Wildman–Crippen LogP) is 2.18. The molecule has 136 valence electrons. The Morgan fingerprint density at radius 1 is 1.15 bits per heavy atom. The number of benzene rings is 1. The fourth-order valence-corrected chi connectivity index (χ4v) is 4.00. The summed E-state index contributed by atoms with van der Waals surface area (Å²) in [6.07, 6.45) is 0. The van der Waals surface area contributed by atoms with Crippen LogP contribution in [0.1, 0.15) is 44.9 Å². The van der Waals surface area contributed by atoms with Crippen molar-refractivity contribution in [2.75, 3.05) is 20.1 Å². The number of nitrogens with zero attached hydrogens (tertiary/aromatic N) is 3. The summed E-state index contributed by atoms with van der Waals surface area (Å²) in [5.41, 5.74) is 1.99. The minimum atomic E-state index is -0.325. The molecule has 26 heavy (non-hydrogen) atoms. The van der Waals surface area contributed by atoms with E-state index in [0.717, 1.165) is 11.3 Å². The number of halogens is 1. The first-order chi connectivity index (χ1) is 12.4. The average Bonchev–Trinajstić information content (AvgIpc) is 2.91. The average molecular weight is 357 g/mol. The largest absolute Gasteiger partial charge is 0.505 e. The molecule has 0 fully saturated rings. The molecule has 0 saturated heterocycles. The molecule has 6 nitrogen and oxygen atoms in total. The first-order valence-electron chi connectivity index (χ1n) is 8.63. The number of likely N-dealkylation sites (N-methyl/N-ethyl adjacent to an activating group) is 1. The number of amides is 2. The third-order valence-corrected chi connectivity index (χ3v) is 5.22. The molecule has 1 unspecified atom stereocenters. The van der Waals surface area contributed by atoms with Gasteiger partial charge in [0.2, 0.25) is 0 Å². The SMILES string of the molecule is CC1CN(C)C(=O)c2c(O)c3n(c21)CCN(Cc1ccc(F)cc1)C3=O. The Bertz CT molecular complexity index is 904. The fraction of sp³-hybridized carbons (Fsp3) is 0.368. The summed E-state index contributed by atoms with van der Waals surface area (Å²) >= 11 is 0. The number of rotatable bonds is 2. The van der Waals surface area contributed by atoms with Crippen molar-refractivity contribution in [2.45, 2.75) is 25.9 Å². The minimum Gasteiger partial charge on any atom is -0.505 e. The van der Waals surface area contributed by atoms with Gasteiger partial charge in [0.05, 0.1) is 0 Å². The van der Waals surface area contributed by atoms with Crippen molar-refractivity contribution < 1.29 is 19.1 Å². The van der Waals surface area contributed by atoms with Crippen molar-refractivity contribution in [3.8, 4) is 5.75 Å². The molecule has 2 aliphatic heterocycles. The van der Waals surface area contributed by atoms with Crippen LogP contribution < -0.4 is 0 Å². The molecule has 1 N–H and O–H groups in total. The zero-order valence-corrected chi connectivity index (χ0v) is 14.7. The van der Waals surface area contributed by atoms with E-state index in [-0.39, 0.29) is 40.6 Å². The lowest BCUT2D eigenvalue weighted by molar-refractivity contribution is 0.0682. The summed E-state index contributed by atoms with van der Waals surface area (Å²) in [4.78, 5) is 28.7. The number of carbonyl (C=O) groups excluding carboxylic acids is 2. The second-order valence-electron chi connectivity index (χ2n) is 7.05. The molecule has 7 heteroatoms. The van der Waals surface area contributed by atoms with Gasteiger partial charge in [-0.15, -0.1) is 0 Å². The summed E-state index contributed by atoms with van der Waals surface area (Å²) in [6, 6.07) is 6.00. The van der Waals surface area contributed by atoms with Crippen molar-refractivity contribution >= 4 is 11.8 Å². The molecule has 4 rings (SSSR count). The van der Waals surface area contributed by atoms with E-state index in [4.69, 9.17) is 0 Å². The molecule has 1 atom stereocenters. The lowest BCUT2D eigenvalue weighted by Gasteiger charge is -2.32. The third kappa shape index (κ3) is 2.38. The Hall–Kier alpha value is -2.83. The molecule has 0 spiro atoms. The molecule has 2 amide bonds. The number of carbonyl (C=O) groups is 2. The summed E-state index contributed by atoms with van der Waals surface area (Å²) in [5, 5.41) is 10.7. The predicted molar refractivity (Wildman–Crippen MR) is 92.6 cm³/mol. The Labute approximate surface area is 150 Å². The first kappa shape index (κ1) is 16.6. The van der Waals surface area contributed by atoms with E-state index in [9.17, 15) is 19.1 Å². The molecule has 0 saturated carbocycles. The van der Waals surface area contributed by atoms with Gasteiger partial charge in [-0.3, -0.25) is 9.59 Å². The van der Waals surface area contributed by atoms with Gasteiger partial charge in [0, 0.05) is 44.8 Å². The third-order valence-electron chi connectivity index (χ3n) is 5.22. The fourth-order valence-electron chi connectivity index (χ4n) is 4.00. The Morgan fingerprint density at radius 3 is 2.54 bits per heavy atom. The summed E-state index contributed by atoms with van der Waals surface area (Å²) in [6.45, 7) is 3.87. The summed E-state index contributed by atoms with van der Waals surface area (Å²) in [7, 11) is 1.69.